The van der Waals surface area contributed by atoms with Crippen LogP contribution in [0.3, 0.4) is 0 Å². The number of aryl methyl sites for hydroxylation is 1. The zero-order valence-corrected chi connectivity index (χ0v) is 15.0. The molecule has 1 atom stereocenters. The number of carbonyl (C=O) groups excluding carboxylic acids is 1. The SMILES string of the molecule is COc1ccc([C@H]2CN(C(=O)CCCn3ccnc3)CCN2C)cc1. The fraction of sp³-hybridized carbons (Fsp3) is 0.474. The quantitative estimate of drug-likeness (QED) is 0.807. The van der Waals surface area contributed by atoms with Crippen LogP contribution in [0.2, 0.25) is 0 Å². The van der Waals surface area contributed by atoms with E-state index in [1.807, 2.05) is 27.8 Å². The van der Waals surface area contributed by atoms with Crippen LogP contribution < -0.4 is 4.74 Å². The third-order valence-corrected chi connectivity index (χ3v) is 4.87. The van der Waals surface area contributed by atoms with Crippen molar-refractivity contribution in [3.05, 3.63) is 48.5 Å². The first-order valence-electron chi connectivity index (χ1n) is 8.75. The molecule has 134 valence electrons. The van der Waals surface area contributed by atoms with Gasteiger partial charge in [0.25, 0.3) is 0 Å². The van der Waals surface area contributed by atoms with Crippen molar-refractivity contribution < 1.29 is 9.53 Å². The third-order valence-electron chi connectivity index (χ3n) is 4.87. The molecule has 3 rings (SSSR count). The van der Waals surface area contributed by atoms with Gasteiger partial charge >= 0.3 is 0 Å². The molecule has 2 heterocycles. The molecule has 0 bridgehead atoms. The number of amides is 1. The predicted octanol–water partition coefficient (Wildman–Crippen LogP) is 2.19. The van der Waals surface area contributed by atoms with Crippen LogP contribution in [0.25, 0.3) is 0 Å². The molecule has 6 heteroatoms. The fourth-order valence-electron chi connectivity index (χ4n) is 3.28. The average Bonchev–Trinajstić information content (AvgIpc) is 3.15. The summed E-state index contributed by atoms with van der Waals surface area (Å²) < 4.78 is 7.24. The number of nitrogens with zero attached hydrogens (tertiary/aromatic N) is 4. The number of hydrogen-bond acceptors (Lipinski definition) is 4. The van der Waals surface area contributed by atoms with Crippen LogP contribution in [-0.4, -0.2) is 59.0 Å². The minimum atomic E-state index is 0.234. The molecule has 2 aromatic rings. The molecule has 1 aromatic heterocycles. The highest BCUT2D eigenvalue weighted by molar-refractivity contribution is 5.76. The molecule has 1 aliphatic heterocycles. The first-order valence-corrected chi connectivity index (χ1v) is 8.75. The number of rotatable bonds is 6. The number of ether oxygens (including phenoxy) is 1. The van der Waals surface area contributed by atoms with Crippen molar-refractivity contribution in [2.45, 2.75) is 25.4 Å². The van der Waals surface area contributed by atoms with Gasteiger partial charge in [-0.1, -0.05) is 12.1 Å². The lowest BCUT2D eigenvalue weighted by molar-refractivity contribution is -0.134. The fourth-order valence-corrected chi connectivity index (χ4v) is 3.28. The Morgan fingerprint density at radius 3 is 2.76 bits per heavy atom. The smallest absolute Gasteiger partial charge is 0.222 e. The topological polar surface area (TPSA) is 50.6 Å². The first kappa shape index (κ1) is 17.5. The second-order valence-electron chi connectivity index (χ2n) is 6.51. The van der Waals surface area contributed by atoms with Crippen LogP contribution in [0.15, 0.2) is 43.0 Å². The maximum Gasteiger partial charge on any atom is 0.222 e. The van der Waals surface area contributed by atoms with Crippen LogP contribution in [0, 0.1) is 0 Å². The lowest BCUT2D eigenvalue weighted by Crippen LogP contribution is -2.49. The van der Waals surface area contributed by atoms with E-state index >= 15 is 0 Å². The van der Waals surface area contributed by atoms with Gasteiger partial charge in [-0.3, -0.25) is 9.69 Å². The number of likely N-dealkylation sites (N-methyl/N-ethyl adjacent to an activating group) is 1. The molecule has 0 spiro atoms. The molecule has 1 aromatic carbocycles. The minimum Gasteiger partial charge on any atom is -0.497 e. The second kappa shape index (κ2) is 8.16. The number of aromatic nitrogens is 2. The summed E-state index contributed by atoms with van der Waals surface area (Å²) >= 11 is 0. The Labute approximate surface area is 149 Å². The molecule has 0 unspecified atom stereocenters. The van der Waals surface area contributed by atoms with Gasteiger partial charge in [0.15, 0.2) is 0 Å². The molecular weight excluding hydrogens is 316 g/mol. The summed E-state index contributed by atoms with van der Waals surface area (Å²) in [6.45, 7) is 3.27. The standard InChI is InChI=1S/C19H26N4O2/c1-21-12-13-23(19(24)4-3-10-22-11-9-20-15-22)14-18(21)16-5-7-17(25-2)8-6-16/h5-9,11,15,18H,3-4,10,12-14H2,1-2H3/t18-/m1/s1. The second-order valence-corrected chi connectivity index (χ2v) is 6.51. The Hall–Kier alpha value is -2.34. The number of carbonyl (C=O) groups is 1. The van der Waals surface area contributed by atoms with Gasteiger partial charge in [0.2, 0.25) is 5.91 Å². The molecule has 0 radical (unpaired) electrons. The minimum absolute atomic E-state index is 0.234. The lowest BCUT2D eigenvalue weighted by atomic mass is 10.0. The van der Waals surface area contributed by atoms with Gasteiger partial charge in [-0.15, -0.1) is 0 Å². The maximum atomic E-state index is 12.6. The Kier molecular flexibility index (Phi) is 5.71. The van der Waals surface area contributed by atoms with Crippen molar-refractivity contribution in [3.63, 3.8) is 0 Å². The van der Waals surface area contributed by atoms with Crippen LogP contribution in [-0.2, 0) is 11.3 Å². The van der Waals surface area contributed by atoms with Crippen molar-refractivity contribution >= 4 is 5.91 Å². The number of benzene rings is 1. The van der Waals surface area contributed by atoms with Gasteiger partial charge in [0.05, 0.1) is 19.5 Å². The van der Waals surface area contributed by atoms with Gasteiger partial charge in [-0.2, -0.15) is 0 Å². The molecule has 1 fully saturated rings. The Balaban J connectivity index is 1.56. The first-order chi connectivity index (χ1) is 12.2. The molecule has 1 saturated heterocycles. The highest BCUT2D eigenvalue weighted by atomic mass is 16.5. The Morgan fingerprint density at radius 2 is 2.08 bits per heavy atom. The average molecular weight is 342 g/mol. The highest BCUT2D eigenvalue weighted by Gasteiger charge is 2.28. The van der Waals surface area contributed by atoms with Crippen molar-refractivity contribution in [2.75, 3.05) is 33.8 Å². The monoisotopic (exact) mass is 342 g/mol. The summed E-state index contributed by atoms with van der Waals surface area (Å²) in [5.74, 6) is 1.10. The summed E-state index contributed by atoms with van der Waals surface area (Å²) in [5.41, 5.74) is 1.22. The highest BCUT2D eigenvalue weighted by Crippen LogP contribution is 2.26. The van der Waals surface area contributed by atoms with Crippen molar-refractivity contribution in [3.8, 4) is 5.75 Å². The van der Waals surface area contributed by atoms with E-state index in [1.165, 1.54) is 5.56 Å². The lowest BCUT2D eigenvalue weighted by Gasteiger charge is -2.39. The van der Waals surface area contributed by atoms with Gasteiger partial charge in [-0.05, 0) is 31.2 Å². The molecule has 0 saturated carbocycles. The zero-order chi connectivity index (χ0) is 17.6. The zero-order valence-electron chi connectivity index (χ0n) is 15.0. The molecule has 0 N–H and O–H groups in total. The summed E-state index contributed by atoms with van der Waals surface area (Å²) in [6.07, 6.45) is 6.91. The molecular formula is C19H26N4O2. The van der Waals surface area contributed by atoms with Crippen molar-refractivity contribution in [1.82, 2.24) is 19.4 Å². The van der Waals surface area contributed by atoms with E-state index in [9.17, 15) is 4.79 Å². The van der Waals surface area contributed by atoms with Crippen molar-refractivity contribution in [1.29, 1.82) is 0 Å². The van der Waals surface area contributed by atoms with Gasteiger partial charge in [0.1, 0.15) is 5.75 Å². The number of imidazole rings is 1. The van der Waals surface area contributed by atoms with Crippen LogP contribution in [0.4, 0.5) is 0 Å². The van der Waals surface area contributed by atoms with E-state index in [0.29, 0.717) is 6.42 Å². The summed E-state index contributed by atoms with van der Waals surface area (Å²) in [7, 11) is 3.79. The van der Waals surface area contributed by atoms with E-state index in [4.69, 9.17) is 4.74 Å². The third kappa shape index (κ3) is 4.39. The Morgan fingerprint density at radius 1 is 1.28 bits per heavy atom. The summed E-state index contributed by atoms with van der Waals surface area (Å²) in [5, 5.41) is 0. The van der Waals surface area contributed by atoms with Crippen LogP contribution in [0.1, 0.15) is 24.4 Å². The van der Waals surface area contributed by atoms with E-state index in [2.05, 4.69) is 29.1 Å². The predicted molar refractivity (Wildman–Crippen MR) is 96.4 cm³/mol. The van der Waals surface area contributed by atoms with E-state index in [1.54, 1.807) is 19.6 Å². The molecule has 1 amide bonds. The molecule has 6 nitrogen and oxygen atoms in total. The van der Waals surface area contributed by atoms with Gasteiger partial charge in [-0.25, -0.2) is 4.98 Å². The van der Waals surface area contributed by atoms with Crippen LogP contribution in [0.5, 0.6) is 5.75 Å². The Bertz CT molecular complexity index is 669. The van der Waals surface area contributed by atoms with E-state index in [0.717, 1.165) is 38.3 Å². The van der Waals surface area contributed by atoms with Crippen molar-refractivity contribution in [2.24, 2.45) is 0 Å². The van der Waals surface area contributed by atoms with E-state index < -0.39 is 0 Å². The van der Waals surface area contributed by atoms with Gasteiger partial charge < -0.3 is 14.2 Å². The molecule has 0 aliphatic carbocycles. The largest absolute Gasteiger partial charge is 0.497 e. The molecule has 25 heavy (non-hydrogen) atoms. The maximum absolute atomic E-state index is 12.6. The summed E-state index contributed by atoms with van der Waals surface area (Å²) in [6, 6.07) is 8.38. The normalized spacial score (nSPS) is 18.3. The number of hydrogen-bond donors (Lipinski definition) is 0. The molecule has 1 aliphatic rings. The number of methoxy groups -OCH3 is 1. The van der Waals surface area contributed by atoms with Gasteiger partial charge in [0, 0.05) is 45.0 Å². The number of piperazine rings is 1. The van der Waals surface area contributed by atoms with E-state index in [-0.39, 0.29) is 11.9 Å². The van der Waals surface area contributed by atoms with Crippen LogP contribution >= 0.6 is 0 Å². The summed E-state index contributed by atoms with van der Waals surface area (Å²) in [4.78, 5) is 20.9.